The molecule has 44 heavy (non-hydrogen) atoms. The first-order chi connectivity index (χ1) is 21.3. The number of carboxylic acid groups (broad SMARTS) is 1. The summed E-state index contributed by atoms with van der Waals surface area (Å²) in [6, 6.07) is 31.1. The Balaban J connectivity index is 0.000000175. The predicted octanol–water partition coefficient (Wildman–Crippen LogP) is 8.69. The summed E-state index contributed by atoms with van der Waals surface area (Å²) < 4.78 is 16.5. The number of carbonyl (C=O) groups is 2. The SMILES string of the molecule is CCOC(=O)C1CC1c1ccc(OCc2ccccc2)c(Cl)c1.O=C(O)C1CC1c1ccc(OCc2ccccc2)c(Cl)c1. The number of hydrogen-bond acceptors (Lipinski definition) is 5. The topological polar surface area (TPSA) is 82.1 Å². The molecule has 4 aromatic rings. The highest BCUT2D eigenvalue weighted by Gasteiger charge is 2.45. The van der Waals surface area contributed by atoms with Gasteiger partial charge < -0.3 is 19.3 Å². The van der Waals surface area contributed by atoms with Gasteiger partial charge in [-0.3, -0.25) is 9.59 Å². The fraction of sp³-hybridized carbons (Fsp3) is 0.278. The lowest BCUT2D eigenvalue weighted by atomic mass is 10.1. The molecule has 0 bridgehead atoms. The van der Waals surface area contributed by atoms with E-state index in [0.29, 0.717) is 47.8 Å². The third kappa shape index (κ3) is 8.34. The molecule has 228 valence electrons. The zero-order valence-corrected chi connectivity index (χ0v) is 25.8. The van der Waals surface area contributed by atoms with Gasteiger partial charge in [0.05, 0.1) is 28.5 Å². The van der Waals surface area contributed by atoms with E-state index >= 15 is 0 Å². The van der Waals surface area contributed by atoms with E-state index in [1.807, 2.05) is 104 Å². The molecule has 6 nitrogen and oxygen atoms in total. The molecule has 0 aromatic heterocycles. The van der Waals surface area contributed by atoms with Crippen molar-refractivity contribution >= 4 is 35.1 Å². The molecule has 0 radical (unpaired) electrons. The molecule has 4 unspecified atom stereocenters. The number of esters is 1. The standard InChI is InChI=1S/C19H19ClO3.C17H15ClO3/c1-2-22-19(21)16-11-15(16)14-8-9-18(17(20)10-14)23-12-13-6-4-3-5-7-13;18-15-8-12(13-9-14(13)17(19)20)6-7-16(15)21-10-11-4-2-1-3-5-11/h3-10,15-16H,2,11-12H2,1H3;1-8,13-14H,9-10H2,(H,19,20). The number of benzene rings is 4. The van der Waals surface area contributed by atoms with E-state index in [0.717, 1.165) is 28.7 Å². The molecule has 2 aliphatic rings. The van der Waals surface area contributed by atoms with Crippen molar-refractivity contribution in [3.05, 3.63) is 129 Å². The molecule has 0 spiro atoms. The molecule has 4 atom stereocenters. The number of rotatable bonds is 11. The highest BCUT2D eigenvalue weighted by molar-refractivity contribution is 6.32. The van der Waals surface area contributed by atoms with Crippen molar-refractivity contribution in [1.82, 2.24) is 0 Å². The number of carbonyl (C=O) groups excluding carboxylic acids is 1. The van der Waals surface area contributed by atoms with Crippen molar-refractivity contribution in [1.29, 1.82) is 0 Å². The Kier molecular flexibility index (Phi) is 10.5. The summed E-state index contributed by atoms with van der Waals surface area (Å²) in [7, 11) is 0. The van der Waals surface area contributed by atoms with E-state index in [4.69, 9.17) is 42.5 Å². The van der Waals surface area contributed by atoms with E-state index < -0.39 is 5.97 Å². The molecule has 6 rings (SSSR count). The van der Waals surface area contributed by atoms with Crippen LogP contribution in [0.4, 0.5) is 0 Å². The largest absolute Gasteiger partial charge is 0.487 e. The van der Waals surface area contributed by atoms with Gasteiger partial charge in [-0.05, 0) is 78.1 Å². The van der Waals surface area contributed by atoms with Gasteiger partial charge in [0.1, 0.15) is 24.7 Å². The molecule has 0 saturated heterocycles. The number of carboxylic acids is 1. The number of aliphatic carboxylic acids is 1. The smallest absolute Gasteiger partial charge is 0.309 e. The molecule has 1 N–H and O–H groups in total. The highest BCUT2D eigenvalue weighted by Crippen LogP contribution is 2.50. The van der Waals surface area contributed by atoms with Crippen LogP contribution in [-0.4, -0.2) is 23.7 Å². The van der Waals surface area contributed by atoms with Crippen LogP contribution in [-0.2, 0) is 27.5 Å². The monoisotopic (exact) mass is 632 g/mol. The van der Waals surface area contributed by atoms with E-state index in [1.165, 1.54) is 0 Å². The third-order valence-electron chi connectivity index (χ3n) is 7.73. The zero-order chi connectivity index (χ0) is 31.1. The maximum absolute atomic E-state index is 11.7. The Labute approximate surface area is 267 Å². The highest BCUT2D eigenvalue weighted by atomic mass is 35.5. The maximum Gasteiger partial charge on any atom is 0.309 e. The minimum absolute atomic E-state index is 0.0258. The fourth-order valence-electron chi connectivity index (χ4n) is 5.11. The van der Waals surface area contributed by atoms with Crippen LogP contribution in [0.25, 0.3) is 0 Å². The second-order valence-electron chi connectivity index (χ2n) is 10.9. The molecule has 0 aliphatic heterocycles. The molecule has 8 heteroatoms. The number of ether oxygens (including phenoxy) is 3. The van der Waals surface area contributed by atoms with E-state index in [9.17, 15) is 9.59 Å². The second-order valence-corrected chi connectivity index (χ2v) is 11.7. The molecule has 0 amide bonds. The number of halogens is 2. The lowest BCUT2D eigenvalue weighted by Gasteiger charge is -2.10. The summed E-state index contributed by atoms with van der Waals surface area (Å²) in [6.07, 6.45) is 1.52. The lowest BCUT2D eigenvalue weighted by molar-refractivity contribution is -0.144. The van der Waals surface area contributed by atoms with Crippen LogP contribution in [0, 0.1) is 11.8 Å². The van der Waals surface area contributed by atoms with Gasteiger partial charge in [-0.2, -0.15) is 0 Å². The van der Waals surface area contributed by atoms with Crippen molar-refractivity contribution in [2.45, 2.75) is 44.8 Å². The predicted molar refractivity (Wildman–Crippen MR) is 170 cm³/mol. The Morgan fingerprint density at radius 3 is 1.57 bits per heavy atom. The van der Waals surface area contributed by atoms with E-state index in [1.54, 1.807) is 0 Å². The summed E-state index contributed by atoms with van der Waals surface area (Å²) in [4.78, 5) is 22.6. The third-order valence-corrected chi connectivity index (χ3v) is 8.32. The molecule has 2 saturated carbocycles. The molecule has 0 heterocycles. The van der Waals surface area contributed by atoms with Crippen LogP contribution >= 0.6 is 23.2 Å². The first-order valence-electron chi connectivity index (χ1n) is 14.7. The average Bonchev–Trinajstić information content (AvgIpc) is 3.96. The Hall–Kier alpha value is -4.00. The van der Waals surface area contributed by atoms with Gasteiger partial charge in [0.2, 0.25) is 0 Å². The van der Waals surface area contributed by atoms with Crippen molar-refractivity contribution in [3.8, 4) is 11.5 Å². The first kappa shape index (κ1) is 31.4. The Bertz CT molecular complexity index is 1580. The minimum atomic E-state index is -0.736. The van der Waals surface area contributed by atoms with Crippen molar-refractivity contribution in [2.24, 2.45) is 11.8 Å². The van der Waals surface area contributed by atoms with Crippen LogP contribution < -0.4 is 9.47 Å². The van der Waals surface area contributed by atoms with Crippen LogP contribution in [0.2, 0.25) is 10.0 Å². The van der Waals surface area contributed by atoms with Crippen LogP contribution in [0.15, 0.2) is 97.1 Å². The Morgan fingerprint density at radius 2 is 1.16 bits per heavy atom. The van der Waals surface area contributed by atoms with Crippen molar-refractivity contribution < 1.29 is 28.9 Å². The molecule has 2 aliphatic carbocycles. The maximum atomic E-state index is 11.7. The molecule has 4 aromatic carbocycles. The normalized spacial score (nSPS) is 19.6. The van der Waals surface area contributed by atoms with Gasteiger partial charge >= 0.3 is 11.9 Å². The van der Waals surface area contributed by atoms with Crippen LogP contribution in [0.5, 0.6) is 11.5 Å². The summed E-state index contributed by atoms with van der Waals surface area (Å²) in [5, 5.41) is 10.1. The summed E-state index contributed by atoms with van der Waals surface area (Å²) in [5.74, 6) is 0.445. The van der Waals surface area contributed by atoms with Gasteiger partial charge in [0.15, 0.2) is 0 Å². The van der Waals surface area contributed by atoms with Crippen molar-refractivity contribution in [3.63, 3.8) is 0 Å². The molecular formula is C36H34Cl2O6. The molecule has 2 fully saturated rings. The lowest BCUT2D eigenvalue weighted by Crippen LogP contribution is -2.07. The quantitative estimate of drug-likeness (QED) is 0.167. The van der Waals surface area contributed by atoms with Gasteiger partial charge in [-0.25, -0.2) is 0 Å². The minimum Gasteiger partial charge on any atom is -0.487 e. The van der Waals surface area contributed by atoms with E-state index in [-0.39, 0.29) is 29.6 Å². The van der Waals surface area contributed by atoms with Crippen molar-refractivity contribution in [2.75, 3.05) is 6.61 Å². The fourth-order valence-corrected chi connectivity index (χ4v) is 5.60. The summed E-state index contributed by atoms with van der Waals surface area (Å²) in [6.45, 7) is 3.19. The molecular weight excluding hydrogens is 599 g/mol. The Morgan fingerprint density at radius 1 is 0.705 bits per heavy atom. The van der Waals surface area contributed by atoms with Gasteiger partial charge in [-0.1, -0.05) is 96.0 Å². The van der Waals surface area contributed by atoms with Crippen LogP contribution in [0.3, 0.4) is 0 Å². The second kappa shape index (κ2) is 14.7. The van der Waals surface area contributed by atoms with Gasteiger partial charge in [0, 0.05) is 0 Å². The average molecular weight is 634 g/mol. The van der Waals surface area contributed by atoms with Gasteiger partial charge in [0.25, 0.3) is 0 Å². The zero-order valence-electron chi connectivity index (χ0n) is 24.3. The van der Waals surface area contributed by atoms with Crippen LogP contribution in [0.1, 0.15) is 53.9 Å². The van der Waals surface area contributed by atoms with E-state index in [2.05, 4.69) is 0 Å². The summed E-state index contributed by atoms with van der Waals surface area (Å²) in [5.41, 5.74) is 4.21. The number of hydrogen-bond donors (Lipinski definition) is 1. The first-order valence-corrected chi connectivity index (χ1v) is 15.4. The summed E-state index contributed by atoms with van der Waals surface area (Å²) >= 11 is 12.5. The van der Waals surface area contributed by atoms with Gasteiger partial charge in [-0.15, -0.1) is 0 Å².